The minimum absolute atomic E-state index is 0.120. The first-order chi connectivity index (χ1) is 11.0. The van der Waals surface area contributed by atoms with Crippen LogP contribution in [0.4, 0.5) is 0 Å². The van der Waals surface area contributed by atoms with Gasteiger partial charge in [-0.2, -0.15) is 0 Å². The van der Waals surface area contributed by atoms with E-state index >= 15 is 0 Å². The quantitative estimate of drug-likeness (QED) is 0.875. The molecule has 1 aromatic heterocycles. The molecule has 0 aliphatic heterocycles. The fourth-order valence-electron chi connectivity index (χ4n) is 2.25. The Morgan fingerprint density at radius 2 is 2.04 bits per heavy atom. The third kappa shape index (κ3) is 3.71. The molecule has 122 valence electrons. The van der Waals surface area contributed by atoms with Crippen molar-refractivity contribution >= 4 is 23.5 Å². The lowest BCUT2D eigenvalue weighted by Gasteiger charge is -2.20. The topological polar surface area (TPSA) is 83.6 Å². The summed E-state index contributed by atoms with van der Waals surface area (Å²) in [5.41, 5.74) is 1.28. The molecule has 0 aliphatic carbocycles. The summed E-state index contributed by atoms with van der Waals surface area (Å²) < 4.78 is 5.17. The molecule has 0 radical (unpaired) electrons. The second kappa shape index (κ2) is 7.28. The Bertz CT molecular complexity index is 727. The van der Waals surface area contributed by atoms with Crippen molar-refractivity contribution < 1.29 is 19.2 Å². The molecule has 2 aromatic rings. The molecule has 0 saturated carbocycles. The predicted octanol–water partition coefficient (Wildman–Crippen LogP) is 3.24. The van der Waals surface area contributed by atoms with Crippen LogP contribution in [0.25, 0.3) is 11.3 Å². The van der Waals surface area contributed by atoms with Crippen LogP contribution in [0.2, 0.25) is 5.02 Å². The minimum atomic E-state index is -0.954. The first kappa shape index (κ1) is 17.0. The van der Waals surface area contributed by atoms with Crippen LogP contribution in [0, 0.1) is 6.92 Å². The zero-order chi connectivity index (χ0) is 17.0. The standard InChI is InChI=1S/C16H17ClN2O4/c1-3-19(9-8-13(20)21)16(22)14-10(2)23-18-15(14)11-6-4-5-7-12(11)17/h4-7H,3,8-9H2,1-2H3,(H,20,21). The Morgan fingerprint density at radius 1 is 1.35 bits per heavy atom. The Hall–Kier alpha value is -2.34. The van der Waals surface area contributed by atoms with E-state index in [1.165, 1.54) is 4.90 Å². The number of halogens is 1. The van der Waals surface area contributed by atoms with Crippen molar-refractivity contribution in [3.63, 3.8) is 0 Å². The van der Waals surface area contributed by atoms with Gasteiger partial charge in [0.05, 0.1) is 11.4 Å². The second-order valence-corrected chi connectivity index (χ2v) is 5.38. The van der Waals surface area contributed by atoms with Gasteiger partial charge in [0.1, 0.15) is 17.0 Å². The maximum absolute atomic E-state index is 12.8. The number of amides is 1. The molecule has 2 rings (SSSR count). The Kier molecular flexibility index (Phi) is 5.39. The molecule has 0 unspecified atom stereocenters. The number of carbonyl (C=O) groups is 2. The Balaban J connectivity index is 2.39. The summed E-state index contributed by atoms with van der Waals surface area (Å²) in [6, 6.07) is 7.04. The maximum atomic E-state index is 12.8. The van der Waals surface area contributed by atoms with Gasteiger partial charge in [-0.3, -0.25) is 9.59 Å². The minimum Gasteiger partial charge on any atom is -0.481 e. The SMILES string of the molecule is CCN(CCC(=O)O)C(=O)c1c(-c2ccccc2Cl)noc1C. The van der Waals surface area contributed by atoms with Gasteiger partial charge in [0.25, 0.3) is 5.91 Å². The predicted molar refractivity (Wildman–Crippen MR) is 85.5 cm³/mol. The summed E-state index contributed by atoms with van der Waals surface area (Å²) >= 11 is 6.18. The number of hydrogen-bond donors (Lipinski definition) is 1. The summed E-state index contributed by atoms with van der Waals surface area (Å²) in [6.07, 6.45) is -0.120. The van der Waals surface area contributed by atoms with E-state index in [-0.39, 0.29) is 18.9 Å². The zero-order valence-electron chi connectivity index (χ0n) is 12.9. The average Bonchev–Trinajstić information content (AvgIpc) is 2.89. The third-order valence-electron chi connectivity index (χ3n) is 3.47. The lowest BCUT2D eigenvalue weighted by atomic mass is 10.0. The van der Waals surface area contributed by atoms with Crippen LogP contribution >= 0.6 is 11.6 Å². The van der Waals surface area contributed by atoms with Gasteiger partial charge in [-0.25, -0.2) is 0 Å². The van der Waals surface area contributed by atoms with Gasteiger partial charge in [0.2, 0.25) is 0 Å². The van der Waals surface area contributed by atoms with Crippen LogP contribution in [0.3, 0.4) is 0 Å². The van der Waals surface area contributed by atoms with Crippen molar-refractivity contribution in [2.45, 2.75) is 20.3 Å². The van der Waals surface area contributed by atoms with E-state index in [1.54, 1.807) is 38.1 Å². The molecule has 1 aromatic carbocycles. The number of carboxylic acid groups (broad SMARTS) is 1. The number of carbonyl (C=O) groups excluding carboxylic acids is 1. The summed E-state index contributed by atoms with van der Waals surface area (Å²) in [4.78, 5) is 25.0. The van der Waals surface area contributed by atoms with E-state index in [1.807, 2.05) is 0 Å². The van der Waals surface area contributed by atoms with Gasteiger partial charge < -0.3 is 14.5 Å². The maximum Gasteiger partial charge on any atom is 0.305 e. The second-order valence-electron chi connectivity index (χ2n) is 4.97. The summed E-state index contributed by atoms with van der Waals surface area (Å²) in [5, 5.41) is 13.2. The highest BCUT2D eigenvalue weighted by atomic mass is 35.5. The molecule has 0 atom stereocenters. The number of aryl methyl sites for hydroxylation is 1. The molecule has 0 bridgehead atoms. The number of rotatable bonds is 6. The number of aromatic nitrogens is 1. The highest BCUT2D eigenvalue weighted by Crippen LogP contribution is 2.31. The fraction of sp³-hybridized carbons (Fsp3) is 0.312. The highest BCUT2D eigenvalue weighted by Gasteiger charge is 2.26. The van der Waals surface area contributed by atoms with E-state index in [0.29, 0.717) is 34.1 Å². The highest BCUT2D eigenvalue weighted by molar-refractivity contribution is 6.33. The van der Waals surface area contributed by atoms with E-state index in [4.69, 9.17) is 21.2 Å². The van der Waals surface area contributed by atoms with Crippen LogP contribution in [-0.4, -0.2) is 40.1 Å². The van der Waals surface area contributed by atoms with E-state index < -0.39 is 5.97 Å². The van der Waals surface area contributed by atoms with Gasteiger partial charge >= 0.3 is 5.97 Å². The van der Waals surface area contributed by atoms with Gasteiger partial charge in [-0.15, -0.1) is 0 Å². The van der Waals surface area contributed by atoms with Crippen molar-refractivity contribution in [2.24, 2.45) is 0 Å². The van der Waals surface area contributed by atoms with Crippen molar-refractivity contribution in [3.8, 4) is 11.3 Å². The first-order valence-corrected chi connectivity index (χ1v) is 7.55. The molecular weight excluding hydrogens is 320 g/mol. The van der Waals surface area contributed by atoms with Crippen molar-refractivity contribution in [1.29, 1.82) is 0 Å². The molecule has 1 N–H and O–H groups in total. The van der Waals surface area contributed by atoms with Crippen LogP contribution < -0.4 is 0 Å². The van der Waals surface area contributed by atoms with E-state index in [2.05, 4.69) is 5.16 Å². The number of nitrogens with zero attached hydrogens (tertiary/aromatic N) is 2. The van der Waals surface area contributed by atoms with E-state index in [9.17, 15) is 9.59 Å². The molecule has 0 spiro atoms. The molecule has 23 heavy (non-hydrogen) atoms. The molecule has 7 heteroatoms. The Labute approximate surface area is 138 Å². The molecule has 0 fully saturated rings. The van der Waals surface area contributed by atoms with Crippen LogP contribution in [0.1, 0.15) is 29.5 Å². The summed E-state index contributed by atoms with van der Waals surface area (Å²) in [7, 11) is 0. The summed E-state index contributed by atoms with van der Waals surface area (Å²) in [6.45, 7) is 3.94. The van der Waals surface area contributed by atoms with Gasteiger partial charge in [-0.1, -0.05) is 35.0 Å². The smallest absolute Gasteiger partial charge is 0.305 e. The Morgan fingerprint density at radius 3 is 2.65 bits per heavy atom. The van der Waals surface area contributed by atoms with Gasteiger partial charge in [0.15, 0.2) is 0 Å². The molecule has 0 saturated heterocycles. The monoisotopic (exact) mass is 336 g/mol. The van der Waals surface area contributed by atoms with Crippen molar-refractivity contribution in [2.75, 3.05) is 13.1 Å². The molecule has 0 aliphatic rings. The average molecular weight is 337 g/mol. The van der Waals surface area contributed by atoms with Crippen LogP contribution in [0.15, 0.2) is 28.8 Å². The van der Waals surface area contributed by atoms with E-state index in [0.717, 1.165) is 0 Å². The van der Waals surface area contributed by atoms with Crippen LogP contribution in [-0.2, 0) is 4.79 Å². The number of aliphatic carboxylic acids is 1. The zero-order valence-corrected chi connectivity index (χ0v) is 13.6. The lowest BCUT2D eigenvalue weighted by Crippen LogP contribution is -2.33. The summed E-state index contributed by atoms with van der Waals surface area (Å²) in [5.74, 6) is -0.897. The van der Waals surface area contributed by atoms with Crippen molar-refractivity contribution in [3.05, 3.63) is 40.6 Å². The first-order valence-electron chi connectivity index (χ1n) is 7.18. The molecule has 1 amide bonds. The molecule has 6 nitrogen and oxygen atoms in total. The van der Waals surface area contributed by atoms with Gasteiger partial charge in [0, 0.05) is 18.7 Å². The number of hydrogen-bond acceptors (Lipinski definition) is 4. The van der Waals surface area contributed by atoms with Crippen molar-refractivity contribution in [1.82, 2.24) is 10.1 Å². The third-order valence-corrected chi connectivity index (χ3v) is 3.80. The number of benzene rings is 1. The fourth-order valence-corrected chi connectivity index (χ4v) is 2.48. The van der Waals surface area contributed by atoms with Gasteiger partial charge in [-0.05, 0) is 19.9 Å². The largest absolute Gasteiger partial charge is 0.481 e. The lowest BCUT2D eigenvalue weighted by molar-refractivity contribution is -0.137. The van der Waals surface area contributed by atoms with Crippen LogP contribution in [0.5, 0.6) is 0 Å². The molecule has 1 heterocycles. The number of carboxylic acids is 1. The normalized spacial score (nSPS) is 10.6. The molecular formula is C16H17ClN2O4.